The van der Waals surface area contributed by atoms with Gasteiger partial charge in [-0.15, -0.1) is 0 Å². The van der Waals surface area contributed by atoms with Crippen LogP contribution in [0.2, 0.25) is 0 Å². The molecular weight excluding hydrogens is 328 g/mol. The second kappa shape index (κ2) is 6.70. The number of hydrogen-bond acceptors (Lipinski definition) is 5. The van der Waals surface area contributed by atoms with Crippen molar-refractivity contribution in [3.05, 3.63) is 59.9 Å². The largest absolute Gasteiger partial charge is 0.454 e. The number of sulfonamides is 1. The molecular formula is C17H18N2O4S. The molecule has 126 valence electrons. The van der Waals surface area contributed by atoms with Crippen LogP contribution in [0.3, 0.4) is 0 Å². The molecule has 3 rings (SSSR count). The van der Waals surface area contributed by atoms with E-state index in [1.54, 1.807) is 31.5 Å². The number of ether oxygens (including phenoxy) is 1. The van der Waals surface area contributed by atoms with Crippen LogP contribution >= 0.6 is 0 Å². The average molecular weight is 346 g/mol. The number of pyridine rings is 1. The first kappa shape index (κ1) is 16.6. The number of esters is 1. The Labute approximate surface area is 140 Å². The predicted molar refractivity (Wildman–Crippen MR) is 87.9 cm³/mol. The van der Waals surface area contributed by atoms with E-state index in [4.69, 9.17) is 4.74 Å². The molecule has 2 aromatic rings. The van der Waals surface area contributed by atoms with Gasteiger partial charge in [-0.1, -0.05) is 6.07 Å². The van der Waals surface area contributed by atoms with Gasteiger partial charge >= 0.3 is 5.97 Å². The summed E-state index contributed by atoms with van der Waals surface area (Å²) in [6, 6.07) is 9.42. The molecule has 1 heterocycles. The fraction of sp³-hybridized carbons (Fsp3) is 0.294. The quantitative estimate of drug-likeness (QED) is 0.812. The minimum Gasteiger partial charge on any atom is -0.454 e. The van der Waals surface area contributed by atoms with Crippen molar-refractivity contribution in [2.45, 2.75) is 36.8 Å². The lowest BCUT2D eigenvalue weighted by molar-refractivity contribution is 0.0337. The Kier molecular flexibility index (Phi) is 4.64. The molecule has 1 saturated carbocycles. The summed E-state index contributed by atoms with van der Waals surface area (Å²) in [6.07, 6.45) is 4.49. The van der Waals surface area contributed by atoms with Gasteiger partial charge in [-0.3, -0.25) is 4.98 Å². The smallest absolute Gasteiger partial charge is 0.338 e. The van der Waals surface area contributed by atoms with Crippen molar-refractivity contribution in [1.29, 1.82) is 0 Å². The fourth-order valence-electron chi connectivity index (χ4n) is 2.21. The molecule has 6 nitrogen and oxygen atoms in total. The van der Waals surface area contributed by atoms with Crippen LogP contribution < -0.4 is 4.72 Å². The van der Waals surface area contributed by atoms with Crippen LogP contribution in [0.4, 0.5) is 0 Å². The van der Waals surface area contributed by atoms with E-state index in [0.717, 1.165) is 18.4 Å². The summed E-state index contributed by atoms with van der Waals surface area (Å²) in [6.45, 7) is 1.75. The first-order chi connectivity index (χ1) is 11.5. The normalized spacial score (nSPS) is 15.7. The van der Waals surface area contributed by atoms with Crippen LogP contribution in [-0.4, -0.2) is 25.4 Å². The first-order valence-electron chi connectivity index (χ1n) is 7.69. The molecule has 0 spiro atoms. The Morgan fingerprint density at radius 1 is 1.25 bits per heavy atom. The molecule has 1 fully saturated rings. The number of rotatable bonds is 6. The van der Waals surface area contributed by atoms with Crippen molar-refractivity contribution in [2.75, 3.05) is 0 Å². The van der Waals surface area contributed by atoms with Gasteiger partial charge in [0.05, 0.1) is 10.5 Å². The molecule has 7 heteroatoms. The first-order valence-corrected chi connectivity index (χ1v) is 9.17. The number of nitrogens with zero attached hydrogens (tertiary/aromatic N) is 1. The molecule has 24 heavy (non-hydrogen) atoms. The molecule has 1 unspecified atom stereocenters. The highest BCUT2D eigenvalue weighted by atomic mass is 32.2. The molecule has 0 saturated heterocycles. The average Bonchev–Trinajstić information content (AvgIpc) is 3.39. The van der Waals surface area contributed by atoms with Crippen molar-refractivity contribution in [2.24, 2.45) is 0 Å². The van der Waals surface area contributed by atoms with E-state index in [2.05, 4.69) is 9.71 Å². The lowest BCUT2D eigenvalue weighted by atomic mass is 10.1. The van der Waals surface area contributed by atoms with E-state index >= 15 is 0 Å². The fourth-order valence-corrected chi connectivity index (χ4v) is 3.56. The van der Waals surface area contributed by atoms with Crippen LogP contribution in [0.15, 0.2) is 53.7 Å². The Morgan fingerprint density at radius 2 is 1.96 bits per heavy atom. The Morgan fingerprint density at radius 3 is 2.62 bits per heavy atom. The molecule has 0 aliphatic heterocycles. The van der Waals surface area contributed by atoms with Gasteiger partial charge < -0.3 is 4.74 Å². The summed E-state index contributed by atoms with van der Waals surface area (Å²) in [5.41, 5.74) is 1.02. The standard InChI is InChI=1S/C17H18N2O4S/c1-12(13-7-9-18-10-8-13)23-17(20)14-3-2-4-16(11-14)24(21,22)19-15-5-6-15/h2-4,7-12,15,19H,5-6H2,1H3. The second-order valence-corrected chi connectivity index (χ2v) is 7.47. The third-order valence-corrected chi connectivity index (χ3v) is 5.26. The van der Waals surface area contributed by atoms with E-state index in [-0.39, 0.29) is 16.5 Å². The number of benzene rings is 1. The molecule has 1 aliphatic rings. The highest BCUT2D eigenvalue weighted by Crippen LogP contribution is 2.23. The van der Waals surface area contributed by atoms with Crippen molar-refractivity contribution in [3.63, 3.8) is 0 Å². The zero-order valence-corrected chi connectivity index (χ0v) is 14.0. The highest BCUT2D eigenvalue weighted by Gasteiger charge is 2.28. The van der Waals surface area contributed by atoms with Gasteiger partial charge in [0.25, 0.3) is 0 Å². The lowest BCUT2D eigenvalue weighted by Crippen LogP contribution is -2.26. The summed E-state index contributed by atoms with van der Waals surface area (Å²) in [4.78, 5) is 16.3. The summed E-state index contributed by atoms with van der Waals surface area (Å²) >= 11 is 0. The monoisotopic (exact) mass is 346 g/mol. The number of carbonyl (C=O) groups is 1. The van der Waals surface area contributed by atoms with Gasteiger partial charge in [0, 0.05) is 18.4 Å². The number of hydrogen-bond donors (Lipinski definition) is 1. The third kappa shape index (κ3) is 3.98. The molecule has 1 aromatic carbocycles. The minimum absolute atomic E-state index is 0.0114. The van der Waals surface area contributed by atoms with Crippen molar-refractivity contribution >= 4 is 16.0 Å². The van der Waals surface area contributed by atoms with E-state index < -0.39 is 22.1 Å². The topological polar surface area (TPSA) is 85.4 Å². The summed E-state index contributed by atoms with van der Waals surface area (Å²) in [5.74, 6) is -0.567. The van der Waals surface area contributed by atoms with Gasteiger partial charge in [-0.25, -0.2) is 17.9 Å². The van der Waals surface area contributed by atoms with Gasteiger partial charge in [-0.2, -0.15) is 0 Å². The zero-order valence-electron chi connectivity index (χ0n) is 13.2. The van der Waals surface area contributed by atoms with Crippen LogP contribution in [0.5, 0.6) is 0 Å². The molecule has 1 aromatic heterocycles. The highest BCUT2D eigenvalue weighted by molar-refractivity contribution is 7.89. The van der Waals surface area contributed by atoms with E-state index in [1.165, 1.54) is 24.3 Å². The molecule has 1 N–H and O–H groups in total. The van der Waals surface area contributed by atoms with Gasteiger partial charge in [0.2, 0.25) is 10.0 Å². The maximum absolute atomic E-state index is 12.3. The lowest BCUT2D eigenvalue weighted by Gasteiger charge is -2.14. The summed E-state index contributed by atoms with van der Waals surface area (Å²) in [7, 11) is -3.60. The van der Waals surface area contributed by atoms with Crippen LogP contribution in [0.1, 0.15) is 41.8 Å². The number of carbonyl (C=O) groups excluding carboxylic acids is 1. The number of aromatic nitrogens is 1. The summed E-state index contributed by atoms with van der Waals surface area (Å²) in [5, 5.41) is 0. The van der Waals surface area contributed by atoms with Gasteiger partial charge in [-0.05, 0) is 55.7 Å². The predicted octanol–water partition coefficient (Wildman–Crippen LogP) is 2.44. The maximum atomic E-state index is 12.3. The second-order valence-electron chi connectivity index (χ2n) is 5.75. The van der Waals surface area contributed by atoms with E-state index in [9.17, 15) is 13.2 Å². The van der Waals surface area contributed by atoms with Crippen molar-refractivity contribution in [3.8, 4) is 0 Å². The van der Waals surface area contributed by atoms with E-state index in [0.29, 0.717) is 0 Å². The van der Waals surface area contributed by atoms with Crippen molar-refractivity contribution in [1.82, 2.24) is 9.71 Å². The molecule has 1 atom stereocenters. The Bertz CT molecular complexity index is 833. The molecule has 0 amide bonds. The Balaban J connectivity index is 1.74. The van der Waals surface area contributed by atoms with Gasteiger partial charge in [0.1, 0.15) is 6.10 Å². The van der Waals surface area contributed by atoms with E-state index in [1.807, 2.05) is 0 Å². The Hall–Kier alpha value is -2.25. The third-order valence-electron chi connectivity index (χ3n) is 3.74. The van der Waals surface area contributed by atoms with Crippen LogP contribution in [0, 0.1) is 0 Å². The zero-order chi connectivity index (χ0) is 17.2. The molecule has 0 bridgehead atoms. The van der Waals surface area contributed by atoms with Gasteiger partial charge in [0.15, 0.2) is 0 Å². The molecule has 0 radical (unpaired) electrons. The maximum Gasteiger partial charge on any atom is 0.338 e. The molecule has 1 aliphatic carbocycles. The van der Waals surface area contributed by atoms with Crippen LogP contribution in [-0.2, 0) is 14.8 Å². The van der Waals surface area contributed by atoms with Crippen molar-refractivity contribution < 1.29 is 17.9 Å². The summed E-state index contributed by atoms with van der Waals surface area (Å²) < 4.78 is 32.5. The minimum atomic E-state index is -3.60. The van der Waals surface area contributed by atoms with Crippen LogP contribution in [0.25, 0.3) is 0 Å². The number of nitrogens with one attached hydrogen (secondary N) is 1. The SMILES string of the molecule is CC(OC(=O)c1cccc(S(=O)(=O)NC2CC2)c1)c1ccncc1.